The second-order valence-corrected chi connectivity index (χ2v) is 13.7. The summed E-state index contributed by atoms with van der Waals surface area (Å²) in [5, 5.41) is 18.2. The summed E-state index contributed by atoms with van der Waals surface area (Å²) in [7, 11) is -4.60. The molecule has 0 aromatic rings. The Labute approximate surface area is 279 Å². The molecule has 0 aromatic heterocycles. The molecule has 0 fully saturated rings. The molecule has 0 heterocycles. The minimum absolute atomic E-state index is 0.182. The molecule has 3 atom stereocenters. The Morgan fingerprint density at radius 1 is 0.630 bits per heavy atom. The lowest BCUT2D eigenvalue weighted by molar-refractivity contribution is -0.161. The van der Waals surface area contributed by atoms with Gasteiger partial charge in [0.2, 0.25) is 0 Å². The highest BCUT2D eigenvalue weighted by Gasteiger charge is 2.27. The van der Waals surface area contributed by atoms with Gasteiger partial charge in [0.1, 0.15) is 12.7 Å². The van der Waals surface area contributed by atoms with Crippen molar-refractivity contribution in [2.45, 2.75) is 174 Å². The van der Waals surface area contributed by atoms with Gasteiger partial charge in [0.25, 0.3) is 0 Å². The van der Waals surface area contributed by atoms with Gasteiger partial charge in [-0.05, 0) is 38.5 Å². The van der Waals surface area contributed by atoms with Crippen LogP contribution in [0, 0.1) is 0 Å². The van der Waals surface area contributed by atoms with E-state index >= 15 is 0 Å². The van der Waals surface area contributed by atoms with Crippen LogP contribution in [0.15, 0.2) is 12.2 Å². The molecule has 0 saturated carbocycles. The zero-order valence-corrected chi connectivity index (χ0v) is 29.9. The van der Waals surface area contributed by atoms with Crippen molar-refractivity contribution >= 4 is 19.8 Å². The molecule has 272 valence electrons. The minimum atomic E-state index is -4.60. The van der Waals surface area contributed by atoms with Gasteiger partial charge in [-0.1, -0.05) is 122 Å². The van der Waals surface area contributed by atoms with Crippen LogP contribution in [0.4, 0.5) is 0 Å². The molecule has 3 N–H and O–H groups in total. The molecule has 10 nitrogen and oxygen atoms in total. The van der Waals surface area contributed by atoms with E-state index in [-0.39, 0.29) is 19.4 Å². The third-order valence-corrected chi connectivity index (χ3v) is 8.62. The number of carbonyl (C=O) groups excluding carboxylic acids is 2. The van der Waals surface area contributed by atoms with Crippen molar-refractivity contribution in [1.82, 2.24) is 0 Å². The predicted molar refractivity (Wildman–Crippen MR) is 182 cm³/mol. The second kappa shape index (κ2) is 32.3. The molecule has 0 radical (unpaired) electrons. The molecule has 0 aliphatic rings. The lowest BCUT2D eigenvalue weighted by Gasteiger charge is -2.20. The van der Waals surface area contributed by atoms with E-state index in [2.05, 4.69) is 30.5 Å². The van der Waals surface area contributed by atoms with Crippen molar-refractivity contribution < 1.29 is 47.8 Å². The molecule has 0 aromatic carbocycles. The molecular weight excluding hydrogens is 611 g/mol. The van der Waals surface area contributed by atoms with Gasteiger partial charge in [-0.25, -0.2) is 4.57 Å². The molecule has 0 spiro atoms. The first-order valence-electron chi connectivity index (χ1n) is 18.1. The third kappa shape index (κ3) is 31.3. The Kier molecular flexibility index (Phi) is 31.4. The summed E-state index contributed by atoms with van der Waals surface area (Å²) in [4.78, 5) is 34.5. The van der Waals surface area contributed by atoms with Crippen LogP contribution in [-0.4, -0.2) is 65.7 Å². The highest BCUT2D eigenvalue weighted by molar-refractivity contribution is 7.47. The first kappa shape index (κ1) is 44.7. The van der Waals surface area contributed by atoms with E-state index in [1.54, 1.807) is 0 Å². The summed E-state index contributed by atoms with van der Waals surface area (Å²) in [5.74, 6) is -0.937. The van der Waals surface area contributed by atoms with Gasteiger partial charge in [-0.3, -0.25) is 18.6 Å². The maximum absolute atomic E-state index is 12.5. The summed E-state index contributed by atoms with van der Waals surface area (Å²) in [6.07, 6.45) is 26.4. The minimum Gasteiger partial charge on any atom is -0.462 e. The van der Waals surface area contributed by atoms with Gasteiger partial charge < -0.3 is 24.6 Å². The third-order valence-electron chi connectivity index (χ3n) is 7.67. The summed E-state index contributed by atoms with van der Waals surface area (Å²) >= 11 is 0. The zero-order valence-electron chi connectivity index (χ0n) is 29.0. The van der Waals surface area contributed by atoms with Crippen molar-refractivity contribution in [2.75, 3.05) is 26.4 Å². The van der Waals surface area contributed by atoms with E-state index in [9.17, 15) is 24.2 Å². The monoisotopic (exact) mass is 678 g/mol. The Hall–Kier alpha value is -1.29. The van der Waals surface area contributed by atoms with Crippen molar-refractivity contribution in [3.05, 3.63) is 12.2 Å². The fraction of sp³-hybridized carbons (Fsp3) is 0.886. The van der Waals surface area contributed by atoms with Gasteiger partial charge >= 0.3 is 19.8 Å². The van der Waals surface area contributed by atoms with Crippen molar-refractivity contribution in [3.63, 3.8) is 0 Å². The first-order chi connectivity index (χ1) is 22.2. The lowest BCUT2D eigenvalue weighted by atomic mass is 10.1. The Morgan fingerprint density at radius 3 is 1.57 bits per heavy atom. The number of aliphatic hydroxyl groups excluding tert-OH is 2. The molecule has 0 saturated heterocycles. The average molecular weight is 679 g/mol. The van der Waals surface area contributed by atoms with E-state index in [4.69, 9.17) is 19.1 Å². The van der Waals surface area contributed by atoms with Crippen molar-refractivity contribution in [3.8, 4) is 0 Å². The fourth-order valence-electron chi connectivity index (χ4n) is 4.81. The van der Waals surface area contributed by atoms with Crippen LogP contribution in [0.5, 0.6) is 0 Å². The van der Waals surface area contributed by atoms with Crippen LogP contribution < -0.4 is 0 Å². The number of esters is 2. The van der Waals surface area contributed by atoms with Gasteiger partial charge in [-0.2, -0.15) is 0 Å². The van der Waals surface area contributed by atoms with E-state index in [1.807, 2.05) is 0 Å². The number of unbranched alkanes of at least 4 members (excludes halogenated alkanes) is 18. The molecule has 0 rings (SSSR count). The Balaban J connectivity index is 4.27. The standard InChI is InChI=1S/C35H67O10P/c1-3-5-7-9-11-12-13-14-15-16-17-18-19-20-21-23-25-27-35(39)45-33(31-44-46(40,41)43-29-32(37)28-36)30-42-34(38)26-24-22-10-8-6-4-2/h14-15,32-33,36-37H,3-13,16-31H2,1-2H3,(H,40,41)/b15-14-. The van der Waals surface area contributed by atoms with Gasteiger partial charge in [0.05, 0.1) is 19.8 Å². The van der Waals surface area contributed by atoms with Crippen molar-refractivity contribution in [2.24, 2.45) is 0 Å². The number of hydrogen-bond acceptors (Lipinski definition) is 9. The van der Waals surface area contributed by atoms with E-state index in [1.165, 1.54) is 70.6 Å². The lowest BCUT2D eigenvalue weighted by Crippen LogP contribution is -2.29. The largest absolute Gasteiger partial charge is 0.472 e. The smallest absolute Gasteiger partial charge is 0.462 e. The molecule has 11 heteroatoms. The number of phosphoric ester groups is 1. The molecule has 0 bridgehead atoms. The maximum Gasteiger partial charge on any atom is 0.472 e. The van der Waals surface area contributed by atoms with Crippen molar-refractivity contribution in [1.29, 1.82) is 0 Å². The van der Waals surface area contributed by atoms with E-state index < -0.39 is 51.8 Å². The molecular formula is C35H67O10P. The van der Waals surface area contributed by atoms with E-state index in [0.717, 1.165) is 51.4 Å². The Bertz CT molecular complexity index is 791. The number of hydrogen-bond donors (Lipinski definition) is 3. The van der Waals surface area contributed by atoms with Gasteiger partial charge in [-0.15, -0.1) is 0 Å². The van der Waals surface area contributed by atoms with Crippen LogP contribution in [0.1, 0.15) is 162 Å². The number of carbonyl (C=O) groups is 2. The van der Waals surface area contributed by atoms with Crippen LogP contribution in [-0.2, 0) is 32.7 Å². The van der Waals surface area contributed by atoms with Gasteiger partial charge in [0.15, 0.2) is 6.10 Å². The van der Waals surface area contributed by atoms with E-state index in [0.29, 0.717) is 12.8 Å². The summed E-state index contributed by atoms with van der Waals surface area (Å²) in [5.41, 5.74) is 0. The van der Waals surface area contributed by atoms with Crippen LogP contribution in [0.25, 0.3) is 0 Å². The number of rotatable bonds is 34. The first-order valence-corrected chi connectivity index (χ1v) is 19.6. The molecule has 0 aliphatic heterocycles. The quantitative estimate of drug-likeness (QED) is 0.0262. The normalized spacial score (nSPS) is 14.3. The molecule has 3 unspecified atom stereocenters. The summed E-state index contributed by atoms with van der Waals surface area (Å²) in [6, 6.07) is 0. The molecule has 46 heavy (non-hydrogen) atoms. The van der Waals surface area contributed by atoms with Crippen LogP contribution in [0.2, 0.25) is 0 Å². The highest BCUT2D eigenvalue weighted by atomic mass is 31.2. The SMILES string of the molecule is CCCCCCCC/C=C\CCCCCCCCCC(=O)OC(COC(=O)CCCCCCCC)COP(=O)(O)OCC(O)CO. The second-order valence-electron chi connectivity index (χ2n) is 12.3. The number of ether oxygens (including phenoxy) is 2. The summed E-state index contributed by atoms with van der Waals surface area (Å²) < 4.78 is 32.4. The highest BCUT2D eigenvalue weighted by Crippen LogP contribution is 2.43. The number of aliphatic hydroxyl groups is 2. The fourth-order valence-corrected chi connectivity index (χ4v) is 5.60. The van der Waals surface area contributed by atoms with Crippen LogP contribution in [0.3, 0.4) is 0 Å². The van der Waals surface area contributed by atoms with Gasteiger partial charge in [0, 0.05) is 12.8 Å². The molecule has 0 amide bonds. The van der Waals surface area contributed by atoms with Crippen LogP contribution >= 0.6 is 7.82 Å². The Morgan fingerprint density at radius 2 is 1.07 bits per heavy atom. The molecule has 0 aliphatic carbocycles. The average Bonchev–Trinajstić information content (AvgIpc) is 3.04. The summed E-state index contributed by atoms with van der Waals surface area (Å²) in [6.45, 7) is 2.28. The number of phosphoric acid groups is 1. The topological polar surface area (TPSA) is 149 Å². The maximum atomic E-state index is 12.5. The predicted octanol–water partition coefficient (Wildman–Crippen LogP) is 8.50. The number of allylic oxidation sites excluding steroid dienone is 2. The zero-order chi connectivity index (χ0) is 34.1.